The summed E-state index contributed by atoms with van der Waals surface area (Å²) in [6.45, 7) is 12.3. The van der Waals surface area contributed by atoms with Gasteiger partial charge in [-0.3, -0.25) is 0 Å². The summed E-state index contributed by atoms with van der Waals surface area (Å²) in [6, 6.07) is 20.7. The van der Waals surface area contributed by atoms with E-state index in [1.54, 1.807) is 0 Å². The molecule has 1 aliphatic carbocycles. The molecule has 0 saturated carbocycles. The van der Waals surface area contributed by atoms with Crippen LogP contribution in [-0.2, 0) is 22.6 Å². The summed E-state index contributed by atoms with van der Waals surface area (Å²) in [4.78, 5) is 4.96. The molecule has 1 aliphatic heterocycles. The minimum Gasteiger partial charge on any atom is -0.352 e. The van der Waals surface area contributed by atoms with Gasteiger partial charge in [-0.25, -0.2) is 4.99 Å². The van der Waals surface area contributed by atoms with E-state index in [4.69, 9.17) is 14.5 Å². The van der Waals surface area contributed by atoms with Crippen molar-refractivity contribution in [2.24, 2.45) is 10.9 Å². The fraction of sp³-hybridized carbons (Fsp3) is 0.414. The van der Waals surface area contributed by atoms with E-state index in [1.807, 2.05) is 44.2 Å². The highest BCUT2D eigenvalue weighted by molar-refractivity contribution is 5.81. The van der Waals surface area contributed by atoms with Crippen molar-refractivity contribution in [2.45, 2.75) is 64.1 Å². The standard InChI is InChI=1S/C29H37N3O2/c1-5-29(17-16-22(2)18-25(29)26-21-33-28(3,4)34-26)32-27(30-19-23-12-8-6-9-13-23)31-20-24-14-10-7-11-15-24/h5-16,25-26H,1,17-21H2,2-4H3,(H2,30,31,32)/t25-,26-,29+/m1/s1. The van der Waals surface area contributed by atoms with Crippen molar-refractivity contribution >= 4 is 5.96 Å². The molecular weight excluding hydrogens is 422 g/mol. The van der Waals surface area contributed by atoms with Crippen LogP contribution in [0.25, 0.3) is 0 Å². The molecule has 2 aromatic rings. The van der Waals surface area contributed by atoms with Crippen LogP contribution in [0.1, 0.15) is 44.7 Å². The molecule has 5 heteroatoms. The summed E-state index contributed by atoms with van der Waals surface area (Å²) in [7, 11) is 0. The molecule has 180 valence electrons. The largest absolute Gasteiger partial charge is 0.352 e. The maximum absolute atomic E-state index is 6.34. The van der Waals surface area contributed by atoms with Crippen LogP contribution in [0.4, 0.5) is 0 Å². The van der Waals surface area contributed by atoms with E-state index < -0.39 is 11.3 Å². The number of nitrogens with zero attached hydrogens (tertiary/aromatic N) is 1. The van der Waals surface area contributed by atoms with Crippen molar-refractivity contribution in [1.29, 1.82) is 0 Å². The second-order valence-corrected chi connectivity index (χ2v) is 9.79. The Morgan fingerprint density at radius 3 is 2.38 bits per heavy atom. The summed E-state index contributed by atoms with van der Waals surface area (Å²) in [5.41, 5.74) is 3.35. The molecular formula is C29H37N3O2. The van der Waals surface area contributed by atoms with Gasteiger partial charge >= 0.3 is 0 Å². The maximum Gasteiger partial charge on any atom is 0.192 e. The Kier molecular flexibility index (Phi) is 7.54. The molecule has 1 saturated heterocycles. The van der Waals surface area contributed by atoms with E-state index >= 15 is 0 Å². The van der Waals surface area contributed by atoms with Gasteiger partial charge in [0.05, 0.1) is 24.8 Å². The van der Waals surface area contributed by atoms with E-state index in [2.05, 4.69) is 66.6 Å². The first-order valence-electron chi connectivity index (χ1n) is 12.1. The average molecular weight is 460 g/mol. The summed E-state index contributed by atoms with van der Waals surface area (Å²) in [5.74, 6) is 0.378. The molecule has 1 fully saturated rings. The van der Waals surface area contributed by atoms with Crippen LogP contribution in [0.5, 0.6) is 0 Å². The number of ether oxygens (including phenoxy) is 2. The molecule has 2 N–H and O–H groups in total. The second-order valence-electron chi connectivity index (χ2n) is 9.79. The fourth-order valence-corrected chi connectivity index (χ4v) is 4.81. The molecule has 0 aromatic heterocycles. The Morgan fingerprint density at radius 2 is 1.76 bits per heavy atom. The smallest absolute Gasteiger partial charge is 0.192 e. The van der Waals surface area contributed by atoms with E-state index in [0.29, 0.717) is 19.7 Å². The minimum absolute atomic E-state index is 0.0198. The van der Waals surface area contributed by atoms with E-state index in [0.717, 1.165) is 18.8 Å². The highest BCUT2D eigenvalue weighted by Crippen LogP contribution is 2.41. The number of allylic oxidation sites excluding steroid dienone is 1. The highest BCUT2D eigenvalue weighted by Gasteiger charge is 2.48. The summed E-state index contributed by atoms with van der Waals surface area (Å²) >= 11 is 0. The van der Waals surface area contributed by atoms with Crippen molar-refractivity contribution in [2.75, 3.05) is 6.61 Å². The van der Waals surface area contributed by atoms with E-state index in [-0.39, 0.29) is 12.0 Å². The van der Waals surface area contributed by atoms with Gasteiger partial charge in [0.2, 0.25) is 0 Å². The third-order valence-electron chi connectivity index (χ3n) is 6.75. The van der Waals surface area contributed by atoms with Gasteiger partial charge in [0.1, 0.15) is 0 Å². The Labute approximate surface area is 204 Å². The van der Waals surface area contributed by atoms with Gasteiger partial charge in [-0.2, -0.15) is 0 Å². The predicted octanol–water partition coefficient (Wildman–Crippen LogP) is 5.35. The predicted molar refractivity (Wildman–Crippen MR) is 138 cm³/mol. The van der Waals surface area contributed by atoms with Crippen LogP contribution < -0.4 is 10.6 Å². The van der Waals surface area contributed by atoms with Crippen molar-refractivity contribution in [1.82, 2.24) is 10.6 Å². The van der Waals surface area contributed by atoms with E-state index in [9.17, 15) is 0 Å². The quantitative estimate of drug-likeness (QED) is 0.333. The lowest BCUT2D eigenvalue weighted by Crippen LogP contribution is -2.59. The molecule has 0 unspecified atom stereocenters. The maximum atomic E-state index is 6.34. The second kappa shape index (κ2) is 10.6. The number of nitrogens with one attached hydrogen (secondary N) is 2. The van der Waals surface area contributed by atoms with Gasteiger partial charge in [-0.15, -0.1) is 6.58 Å². The Balaban J connectivity index is 1.60. The van der Waals surface area contributed by atoms with Crippen molar-refractivity contribution < 1.29 is 9.47 Å². The molecule has 4 rings (SSSR count). The number of rotatable bonds is 7. The summed E-state index contributed by atoms with van der Waals surface area (Å²) in [5, 5.41) is 7.32. The summed E-state index contributed by atoms with van der Waals surface area (Å²) in [6.07, 6.45) is 6.07. The van der Waals surface area contributed by atoms with Crippen LogP contribution in [0.2, 0.25) is 0 Å². The normalized spacial score (nSPS) is 26.6. The third-order valence-corrected chi connectivity index (χ3v) is 6.75. The van der Waals surface area contributed by atoms with Crippen LogP contribution in [0.3, 0.4) is 0 Å². The average Bonchev–Trinajstić information content (AvgIpc) is 3.22. The van der Waals surface area contributed by atoms with E-state index in [1.165, 1.54) is 16.7 Å². The zero-order valence-electron chi connectivity index (χ0n) is 20.6. The number of aliphatic imine (C=N–C) groups is 1. The number of hydrogen-bond acceptors (Lipinski definition) is 3. The summed E-state index contributed by atoms with van der Waals surface area (Å²) < 4.78 is 12.3. The van der Waals surface area contributed by atoms with Crippen LogP contribution >= 0.6 is 0 Å². The Bertz CT molecular complexity index is 1020. The Hall–Kier alpha value is -2.89. The van der Waals surface area contributed by atoms with Crippen molar-refractivity contribution in [3.63, 3.8) is 0 Å². The van der Waals surface area contributed by atoms with Gasteiger partial charge in [0.15, 0.2) is 11.7 Å². The zero-order valence-corrected chi connectivity index (χ0v) is 20.6. The lowest BCUT2D eigenvalue weighted by Gasteiger charge is -2.45. The van der Waals surface area contributed by atoms with Gasteiger partial charge in [-0.05, 0) is 44.7 Å². The molecule has 5 nitrogen and oxygen atoms in total. The minimum atomic E-state index is -0.567. The SMILES string of the molecule is C=C[C@]1(NC(=NCc2ccccc2)NCc2ccccc2)CC=C(C)C[C@@H]1[C@H]1COC(C)(C)O1. The molecule has 3 atom stereocenters. The van der Waals surface area contributed by atoms with Crippen LogP contribution in [0.15, 0.2) is 90.0 Å². The van der Waals surface area contributed by atoms with Gasteiger partial charge in [0, 0.05) is 12.5 Å². The molecule has 1 heterocycles. The number of benzene rings is 2. The fourth-order valence-electron chi connectivity index (χ4n) is 4.81. The molecule has 34 heavy (non-hydrogen) atoms. The zero-order chi connectivity index (χ0) is 24.0. The molecule has 2 aromatic carbocycles. The number of hydrogen-bond donors (Lipinski definition) is 2. The van der Waals surface area contributed by atoms with Gasteiger partial charge < -0.3 is 20.1 Å². The number of guanidine groups is 1. The molecule has 2 aliphatic rings. The first-order chi connectivity index (χ1) is 16.4. The van der Waals surface area contributed by atoms with Crippen LogP contribution in [-0.4, -0.2) is 30.0 Å². The Morgan fingerprint density at radius 1 is 1.09 bits per heavy atom. The monoisotopic (exact) mass is 459 g/mol. The van der Waals surface area contributed by atoms with Crippen LogP contribution in [0, 0.1) is 5.92 Å². The lowest BCUT2D eigenvalue weighted by atomic mass is 9.71. The van der Waals surface area contributed by atoms with Gasteiger partial charge in [-0.1, -0.05) is 78.4 Å². The first kappa shape index (κ1) is 24.2. The highest BCUT2D eigenvalue weighted by atomic mass is 16.7. The molecule has 0 spiro atoms. The lowest BCUT2D eigenvalue weighted by molar-refractivity contribution is -0.147. The molecule has 0 radical (unpaired) electrons. The first-order valence-corrected chi connectivity index (χ1v) is 12.1. The van der Waals surface area contributed by atoms with Crippen molar-refractivity contribution in [3.05, 3.63) is 96.1 Å². The molecule has 0 bridgehead atoms. The third kappa shape index (κ3) is 5.96. The topological polar surface area (TPSA) is 54.9 Å². The van der Waals surface area contributed by atoms with Gasteiger partial charge in [0.25, 0.3) is 0 Å². The molecule has 0 amide bonds. The van der Waals surface area contributed by atoms with Crippen molar-refractivity contribution in [3.8, 4) is 0 Å².